The smallest absolute Gasteiger partial charge is 0.0743 e. The van der Waals surface area contributed by atoms with Crippen LogP contribution in [0.3, 0.4) is 0 Å². The molecule has 1 heteroatoms. The van der Waals surface area contributed by atoms with Crippen LogP contribution in [0, 0.1) is 17.8 Å². The summed E-state index contributed by atoms with van der Waals surface area (Å²) in [4.78, 5) is 0. The molecular weight excluding hydrogens is 182 g/mol. The molecule has 0 spiro atoms. The van der Waals surface area contributed by atoms with Crippen LogP contribution in [0.15, 0.2) is 0 Å². The minimum Gasteiger partial charge on any atom is -0.299 e. The maximum Gasteiger partial charge on any atom is 0.0743 e. The molecule has 15 heavy (non-hydrogen) atoms. The quantitative estimate of drug-likeness (QED) is 0.541. The van der Waals surface area contributed by atoms with Crippen molar-refractivity contribution in [2.24, 2.45) is 5.41 Å². The van der Waals surface area contributed by atoms with Gasteiger partial charge in [-0.1, -0.05) is 26.2 Å². The van der Waals surface area contributed by atoms with Gasteiger partial charge in [0.15, 0.2) is 0 Å². The number of nitrogens with one attached hydrogen (secondary N) is 1. The van der Waals surface area contributed by atoms with Gasteiger partial charge >= 0.3 is 0 Å². The Morgan fingerprint density at radius 1 is 1.27 bits per heavy atom. The van der Waals surface area contributed by atoms with E-state index in [-0.39, 0.29) is 5.54 Å². The fourth-order valence-corrected chi connectivity index (χ4v) is 2.36. The Morgan fingerprint density at radius 3 is 2.53 bits per heavy atom. The predicted molar refractivity (Wildman–Crippen MR) is 66.7 cm³/mol. The summed E-state index contributed by atoms with van der Waals surface area (Å²) in [6.07, 6.45) is 12.0. The molecule has 0 bridgehead atoms. The van der Waals surface area contributed by atoms with E-state index in [9.17, 15) is 0 Å². The zero-order chi connectivity index (χ0) is 11.5. The third-order valence-electron chi connectivity index (χ3n) is 3.50. The van der Waals surface area contributed by atoms with E-state index in [4.69, 9.17) is 6.42 Å². The van der Waals surface area contributed by atoms with Gasteiger partial charge in [-0.25, -0.2) is 0 Å². The highest BCUT2D eigenvalue weighted by Crippen LogP contribution is 2.34. The van der Waals surface area contributed by atoms with Crippen molar-refractivity contribution in [3.63, 3.8) is 0 Å². The Kier molecular flexibility index (Phi) is 3.84. The van der Waals surface area contributed by atoms with Crippen LogP contribution in [0.1, 0.15) is 59.8 Å². The number of rotatable bonds is 2. The molecule has 0 heterocycles. The van der Waals surface area contributed by atoms with Crippen LogP contribution in [-0.2, 0) is 0 Å². The van der Waals surface area contributed by atoms with E-state index in [1.54, 1.807) is 0 Å². The highest BCUT2D eigenvalue weighted by molar-refractivity contribution is 5.08. The molecule has 1 rings (SSSR count). The van der Waals surface area contributed by atoms with Gasteiger partial charge in [0.05, 0.1) is 5.54 Å². The summed E-state index contributed by atoms with van der Waals surface area (Å²) >= 11 is 0. The Labute approximate surface area is 95.0 Å². The van der Waals surface area contributed by atoms with Gasteiger partial charge in [0, 0.05) is 6.04 Å². The predicted octanol–water partition coefficient (Wildman–Crippen LogP) is 3.35. The lowest BCUT2D eigenvalue weighted by Crippen LogP contribution is -2.44. The highest BCUT2D eigenvalue weighted by atomic mass is 15.0. The zero-order valence-corrected chi connectivity index (χ0v) is 10.7. The van der Waals surface area contributed by atoms with Crippen molar-refractivity contribution in [3.8, 4) is 12.3 Å². The molecule has 0 aromatic carbocycles. The summed E-state index contributed by atoms with van der Waals surface area (Å²) in [5.41, 5.74) is 0.371. The molecule has 1 saturated carbocycles. The van der Waals surface area contributed by atoms with Crippen LogP contribution >= 0.6 is 0 Å². The van der Waals surface area contributed by atoms with Crippen molar-refractivity contribution < 1.29 is 0 Å². The second kappa shape index (κ2) is 4.58. The Morgan fingerprint density at radius 2 is 1.93 bits per heavy atom. The second-order valence-corrected chi connectivity index (χ2v) is 6.21. The van der Waals surface area contributed by atoms with Crippen LogP contribution < -0.4 is 5.32 Å². The molecule has 0 aliphatic heterocycles. The average molecular weight is 207 g/mol. The first kappa shape index (κ1) is 12.6. The molecule has 0 amide bonds. The molecule has 1 unspecified atom stereocenters. The maximum atomic E-state index is 5.50. The first-order valence-electron chi connectivity index (χ1n) is 6.10. The SMILES string of the molecule is C#CC(C)(C)NC1CCCC(C)(C)CC1. The molecule has 1 N–H and O–H groups in total. The summed E-state index contributed by atoms with van der Waals surface area (Å²) in [5, 5.41) is 3.59. The number of hydrogen-bond acceptors (Lipinski definition) is 1. The van der Waals surface area contributed by atoms with Gasteiger partial charge in [-0.05, 0) is 44.9 Å². The molecule has 1 atom stereocenters. The molecule has 0 aromatic rings. The van der Waals surface area contributed by atoms with Crippen molar-refractivity contribution >= 4 is 0 Å². The molecule has 0 radical (unpaired) electrons. The van der Waals surface area contributed by atoms with E-state index in [1.165, 1.54) is 32.1 Å². The van der Waals surface area contributed by atoms with E-state index in [1.807, 2.05) is 0 Å². The van der Waals surface area contributed by atoms with E-state index >= 15 is 0 Å². The third kappa shape index (κ3) is 4.26. The molecule has 86 valence electrons. The monoisotopic (exact) mass is 207 g/mol. The minimum absolute atomic E-state index is 0.154. The van der Waals surface area contributed by atoms with Crippen molar-refractivity contribution in [2.75, 3.05) is 0 Å². The molecule has 1 nitrogen and oxygen atoms in total. The zero-order valence-electron chi connectivity index (χ0n) is 10.7. The van der Waals surface area contributed by atoms with Gasteiger partial charge in [-0.15, -0.1) is 6.42 Å². The largest absolute Gasteiger partial charge is 0.299 e. The van der Waals surface area contributed by atoms with E-state index in [2.05, 4.69) is 38.9 Å². The molecule has 1 aliphatic rings. The normalized spacial score (nSPS) is 26.7. The summed E-state index contributed by atoms with van der Waals surface area (Å²) < 4.78 is 0. The molecule has 1 aliphatic carbocycles. The molecule has 1 fully saturated rings. The van der Waals surface area contributed by atoms with Crippen molar-refractivity contribution in [2.45, 2.75) is 71.4 Å². The van der Waals surface area contributed by atoms with Crippen molar-refractivity contribution in [3.05, 3.63) is 0 Å². The summed E-state index contributed by atoms with van der Waals surface area (Å²) in [7, 11) is 0. The fraction of sp³-hybridized carbons (Fsp3) is 0.857. The molecule has 0 saturated heterocycles. The maximum absolute atomic E-state index is 5.50. The van der Waals surface area contributed by atoms with E-state index in [0.717, 1.165) is 0 Å². The third-order valence-corrected chi connectivity index (χ3v) is 3.50. The fourth-order valence-electron chi connectivity index (χ4n) is 2.36. The first-order chi connectivity index (χ1) is 6.85. The summed E-state index contributed by atoms with van der Waals surface area (Å²) in [6.45, 7) is 8.93. The van der Waals surface area contributed by atoms with E-state index < -0.39 is 0 Å². The van der Waals surface area contributed by atoms with Crippen LogP contribution in [0.25, 0.3) is 0 Å². The standard InChI is InChI=1S/C14H25N/c1-6-14(4,5)15-12-8-7-10-13(2,3)11-9-12/h1,12,15H,7-11H2,2-5H3. The Hall–Kier alpha value is -0.480. The Balaban J connectivity index is 2.49. The van der Waals surface area contributed by atoms with Gasteiger partial charge in [-0.2, -0.15) is 0 Å². The topological polar surface area (TPSA) is 12.0 Å². The van der Waals surface area contributed by atoms with E-state index in [0.29, 0.717) is 11.5 Å². The average Bonchev–Trinajstić information content (AvgIpc) is 2.28. The first-order valence-corrected chi connectivity index (χ1v) is 6.10. The van der Waals surface area contributed by atoms with Gasteiger partial charge in [0.2, 0.25) is 0 Å². The molecular formula is C14H25N. The lowest BCUT2D eigenvalue weighted by atomic mass is 9.85. The van der Waals surface area contributed by atoms with Crippen LogP contribution in [0.5, 0.6) is 0 Å². The highest BCUT2D eigenvalue weighted by Gasteiger charge is 2.26. The summed E-state index contributed by atoms with van der Waals surface area (Å²) in [5.74, 6) is 2.82. The minimum atomic E-state index is -0.154. The lowest BCUT2D eigenvalue weighted by molar-refractivity contribution is 0.304. The van der Waals surface area contributed by atoms with Crippen molar-refractivity contribution in [1.29, 1.82) is 0 Å². The van der Waals surface area contributed by atoms with Crippen LogP contribution in [0.4, 0.5) is 0 Å². The van der Waals surface area contributed by atoms with Gasteiger partial charge in [0.25, 0.3) is 0 Å². The number of hydrogen-bond donors (Lipinski definition) is 1. The molecule has 0 aromatic heterocycles. The van der Waals surface area contributed by atoms with Crippen LogP contribution in [-0.4, -0.2) is 11.6 Å². The number of terminal acetylenes is 1. The van der Waals surface area contributed by atoms with Crippen LogP contribution in [0.2, 0.25) is 0 Å². The summed E-state index contributed by atoms with van der Waals surface area (Å²) in [6, 6.07) is 0.609. The second-order valence-electron chi connectivity index (χ2n) is 6.21. The Bertz CT molecular complexity index is 245. The van der Waals surface area contributed by atoms with Gasteiger partial charge in [0.1, 0.15) is 0 Å². The van der Waals surface area contributed by atoms with Gasteiger partial charge in [-0.3, -0.25) is 5.32 Å². The van der Waals surface area contributed by atoms with Crippen molar-refractivity contribution in [1.82, 2.24) is 5.32 Å². The lowest BCUT2D eigenvalue weighted by Gasteiger charge is -2.27. The van der Waals surface area contributed by atoms with Gasteiger partial charge < -0.3 is 0 Å².